The zero-order valence-corrected chi connectivity index (χ0v) is 12.0. The van der Waals surface area contributed by atoms with Gasteiger partial charge in [0.15, 0.2) is 5.69 Å². The Balaban J connectivity index is 2.59. The highest BCUT2D eigenvalue weighted by Crippen LogP contribution is 2.06. The monoisotopic (exact) mass is 297 g/mol. The van der Waals surface area contributed by atoms with Crippen LogP contribution in [-0.2, 0) is 17.8 Å². The van der Waals surface area contributed by atoms with Crippen molar-refractivity contribution >= 4 is 17.9 Å². The fourth-order valence-electron chi connectivity index (χ4n) is 1.70. The van der Waals surface area contributed by atoms with E-state index in [1.807, 2.05) is 6.92 Å². The SMILES string of the molecule is CCCCNC(=O)NC(=O)Cn1nnc(C(=O)O)c1CC. The molecule has 0 aliphatic heterocycles. The number of aromatic carboxylic acids is 1. The topological polar surface area (TPSA) is 126 Å². The summed E-state index contributed by atoms with van der Waals surface area (Å²) in [5, 5.41) is 20.8. The van der Waals surface area contributed by atoms with Crippen molar-refractivity contribution in [3.8, 4) is 0 Å². The van der Waals surface area contributed by atoms with Crippen LogP contribution in [0.5, 0.6) is 0 Å². The van der Waals surface area contributed by atoms with Crippen molar-refractivity contribution in [1.82, 2.24) is 25.6 Å². The maximum absolute atomic E-state index is 11.7. The first-order valence-electron chi connectivity index (χ1n) is 6.72. The molecule has 116 valence electrons. The fraction of sp³-hybridized carbons (Fsp3) is 0.583. The van der Waals surface area contributed by atoms with Crippen molar-refractivity contribution < 1.29 is 19.5 Å². The summed E-state index contributed by atoms with van der Waals surface area (Å²) in [6, 6.07) is -0.579. The Morgan fingerprint density at radius 2 is 2.00 bits per heavy atom. The van der Waals surface area contributed by atoms with Crippen molar-refractivity contribution in [3.63, 3.8) is 0 Å². The first kappa shape index (κ1) is 16.6. The molecule has 1 aromatic heterocycles. The smallest absolute Gasteiger partial charge is 0.358 e. The highest BCUT2D eigenvalue weighted by molar-refractivity contribution is 5.94. The van der Waals surface area contributed by atoms with Gasteiger partial charge in [0.1, 0.15) is 6.54 Å². The molecule has 0 saturated heterocycles. The summed E-state index contributed by atoms with van der Waals surface area (Å²) in [5.41, 5.74) is 0.154. The predicted molar refractivity (Wildman–Crippen MR) is 72.8 cm³/mol. The minimum Gasteiger partial charge on any atom is -0.476 e. The molecular formula is C12H19N5O4. The van der Waals surface area contributed by atoms with Crippen molar-refractivity contribution in [2.45, 2.75) is 39.7 Å². The summed E-state index contributed by atoms with van der Waals surface area (Å²) in [4.78, 5) is 34.0. The Morgan fingerprint density at radius 1 is 1.29 bits per heavy atom. The number of hydrogen-bond acceptors (Lipinski definition) is 5. The van der Waals surface area contributed by atoms with E-state index in [4.69, 9.17) is 5.11 Å². The number of carbonyl (C=O) groups is 3. The van der Waals surface area contributed by atoms with Gasteiger partial charge in [-0.05, 0) is 12.8 Å². The van der Waals surface area contributed by atoms with Crippen LogP contribution >= 0.6 is 0 Å². The van der Waals surface area contributed by atoms with Gasteiger partial charge in [0, 0.05) is 6.54 Å². The second-order valence-electron chi connectivity index (χ2n) is 4.36. The highest BCUT2D eigenvalue weighted by atomic mass is 16.4. The van der Waals surface area contributed by atoms with Crippen LogP contribution in [-0.4, -0.2) is 44.6 Å². The summed E-state index contributed by atoms with van der Waals surface area (Å²) < 4.78 is 1.18. The lowest BCUT2D eigenvalue weighted by Crippen LogP contribution is -2.41. The maximum atomic E-state index is 11.7. The molecule has 0 aromatic carbocycles. The molecule has 0 atom stereocenters. The van der Waals surface area contributed by atoms with Crippen LogP contribution < -0.4 is 10.6 Å². The third-order valence-corrected chi connectivity index (χ3v) is 2.74. The molecular weight excluding hydrogens is 278 g/mol. The Kier molecular flexibility index (Phi) is 6.31. The van der Waals surface area contributed by atoms with Crippen molar-refractivity contribution in [3.05, 3.63) is 11.4 Å². The molecule has 0 radical (unpaired) electrons. The van der Waals surface area contributed by atoms with Crippen molar-refractivity contribution in [1.29, 1.82) is 0 Å². The average Bonchev–Trinajstić information content (AvgIpc) is 2.81. The summed E-state index contributed by atoms with van der Waals surface area (Å²) >= 11 is 0. The zero-order valence-electron chi connectivity index (χ0n) is 12.0. The van der Waals surface area contributed by atoms with Gasteiger partial charge in [-0.25, -0.2) is 14.3 Å². The second kappa shape index (κ2) is 7.98. The van der Waals surface area contributed by atoms with Gasteiger partial charge in [-0.15, -0.1) is 5.10 Å². The summed E-state index contributed by atoms with van der Waals surface area (Å²) in [6.07, 6.45) is 2.13. The standard InChI is InChI=1S/C12H19N5O4/c1-3-5-6-13-12(21)14-9(18)7-17-8(4-2)10(11(19)20)15-16-17/h3-7H2,1-2H3,(H,19,20)(H2,13,14,18,21). The van der Waals surface area contributed by atoms with E-state index in [1.165, 1.54) is 4.68 Å². The van der Waals surface area contributed by atoms with Crippen LogP contribution in [0.2, 0.25) is 0 Å². The van der Waals surface area contributed by atoms with Gasteiger partial charge in [0.2, 0.25) is 5.91 Å². The van der Waals surface area contributed by atoms with Crippen molar-refractivity contribution in [2.24, 2.45) is 0 Å². The highest BCUT2D eigenvalue weighted by Gasteiger charge is 2.19. The number of urea groups is 1. The van der Waals surface area contributed by atoms with E-state index < -0.39 is 17.9 Å². The molecule has 9 nitrogen and oxygen atoms in total. The average molecular weight is 297 g/mol. The number of carboxylic acid groups (broad SMARTS) is 1. The molecule has 1 aromatic rings. The minimum atomic E-state index is -1.20. The number of rotatable bonds is 7. The van der Waals surface area contributed by atoms with E-state index in [0.29, 0.717) is 18.7 Å². The maximum Gasteiger partial charge on any atom is 0.358 e. The van der Waals surface area contributed by atoms with Crippen LogP contribution in [0.1, 0.15) is 42.9 Å². The van der Waals surface area contributed by atoms with Gasteiger partial charge in [0.25, 0.3) is 0 Å². The quantitative estimate of drug-likeness (QED) is 0.616. The molecule has 9 heteroatoms. The zero-order chi connectivity index (χ0) is 15.8. The Bertz CT molecular complexity index is 526. The summed E-state index contributed by atoms with van der Waals surface area (Å²) in [5.74, 6) is -1.78. The molecule has 1 rings (SSSR count). The number of amides is 3. The Morgan fingerprint density at radius 3 is 2.57 bits per heavy atom. The molecule has 0 saturated carbocycles. The van der Waals surface area contributed by atoms with Gasteiger partial charge in [-0.1, -0.05) is 25.5 Å². The molecule has 21 heavy (non-hydrogen) atoms. The van der Waals surface area contributed by atoms with Crippen LogP contribution in [0, 0.1) is 0 Å². The largest absolute Gasteiger partial charge is 0.476 e. The van der Waals surface area contributed by atoms with Gasteiger partial charge >= 0.3 is 12.0 Å². The van der Waals surface area contributed by atoms with Crippen LogP contribution in [0.3, 0.4) is 0 Å². The number of unbranched alkanes of at least 4 members (excludes halogenated alkanes) is 1. The number of hydrogen-bond donors (Lipinski definition) is 3. The summed E-state index contributed by atoms with van der Waals surface area (Å²) in [7, 11) is 0. The predicted octanol–water partition coefficient (Wildman–Crippen LogP) is 0.165. The number of imide groups is 1. The Hall–Kier alpha value is -2.45. The minimum absolute atomic E-state index is 0.183. The van der Waals surface area contributed by atoms with Gasteiger partial charge in [-0.3, -0.25) is 10.1 Å². The van der Waals surface area contributed by atoms with E-state index in [0.717, 1.165) is 12.8 Å². The molecule has 0 aliphatic rings. The van der Waals surface area contributed by atoms with E-state index >= 15 is 0 Å². The molecule has 0 unspecified atom stereocenters. The molecule has 0 spiro atoms. The first-order valence-corrected chi connectivity index (χ1v) is 6.72. The molecule has 0 bridgehead atoms. The number of nitrogens with one attached hydrogen (secondary N) is 2. The van der Waals surface area contributed by atoms with E-state index in [1.54, 1.807) is 6.92 Å². The lowest BCUT2D eigenvalue weighted by atomic mass is 10.2. The number of aromatic nitrogens is 3. The van der Waals surface area contributed by atoms with Crippen LogP contribution in [0.25, 0.3) is 0 Å². The second-order valence-corrected chi connectivity index (χ2v) is 4.36. The Labute approximate surface area is 121 Å². The van der Waals surface area contributed by atoms with E-state index in [2.05, 4.69) is 20.9 Å². The molecule has 0 aliphatic carbocycles. The van der Waals surface area contributed by atoms with Gasteiger partial charge in [-0.2, -0.15) is 0 Å². The van der Waals surface area contributed by atoms with Crippen molar-refractivity contribution in [2.75, 3.05) is 6.54 Å². The molecule has 1 heterocycles. The number of nitrogens with zero attached hydrogens (tertiary/aromatic N) is 3. The van der Waals surface area contributed by atoms with E-state index in [-0.39, 0.29) is 12.2 Å². The number of carboxylic acids is 1. The lowest BCUT2D eigenvalue weighted by Gasteiger charge is -2.07. The fourth-order valence-corrected chi connectivity index (χ4v) is 1.70. The van der Waals surface area contributed by atoms with E-state index in [9.17, 15) is 14.4 Å². The number of carbonyl (C=O) groups excluding carboxylic acids is 2. The third-order valence-electron chi connectivity index (χ3n) is 2.74. The van der Waals surface area contributed by atoms with Gasteiger partial charge in [0.05, 0.1) is 5.69 Å². The first-order chi connectivity index (χ1) is 9.99. The van der Waals surface area contributed by atoms with Gasteiger partial charge < -0.3 is 10.4 Å². The molecule has 3 N–H and O–H groups in total. The molecule has 3 amide bonds. The van der Waals surface area contributed by atoms with Crippen LogP contribution in [0.4, 0.5) is 4.79 Å². The lowest BCUT2D eigenvalue weighted by molar-refractivity contribution is -0.120. The third kappa shape index (κ3) is 4.86. The normalized spacial score (nSPS) is 10.2. The molecule has 0 fully saturated rings. The summed E-state index contributed by atoms with van der Waals surface area (Å²) in [6.45, 7) is 3.95. The van der Waals surface area contributed by atoms with Crippen LogP contribution in [0.15, 0.2) is 0 Å².